The highest BCUT2D eigenvalue weighted by Gasteiger charge is 2.45. The first-order valence-corrected chi connectivity index (χ1v) is 17.7. The van der Waals surface area contributed by atoms with Gasteiger partial charge in [0.2, 0.25) is 0 Å². The lowest BCUT2D eigenvalue weighted by molar-refractivity contribution is 0.163. The average molecular weight is 648 g/mol. The Kier molecular flexibility index (Phi) is 6.18. The van der Waals surface area contributed by atoms with Gasteiger partial charge in [0.25, 0.3) is 0 Å². The van der Waals surface area contributed by atoms with Crippen LogP contribution >= 0.6 is 0 Å². The Morgan fingerprint density at radius 1 is 0.620 bits per heavy atom. The third-order valence-electron chi connectivity index (χ3n) is 11.8. The van der Waals surface area contributed by atoms with Crippen LogP contribution in [0.5, 0.6) is 5.75 Å². The second kappa shape index (κ2) is 10.1. The molecule has 6 aromatic carbocycles. The summed E-state index contributed by atoms with van der Waals surface area (Å²) in [6, 6.07) is 39.8. The third kappa shape index (κ3) is 4.01. The van der Waals surface area contributed by atoms with E-state index in [2.05, 4.69) is 169 Å². The van der Waals surface area contributed by atoms with Crippen molar-refractivity contribution in [2.24, 2.45) is 0 Å². The molecule has 0 bridgehead atoms. The summed E-state index contributed by atoms with van der Waals surface area (Å²) < 4.78 is 7.66. The maximum Gasteiger partial charge on any atom is 0.187 e. The zero-order chi connectivity index (χ0) is 34.8. The molecule has 6 aromatic rings. The molecule has 0 aromatic heterocycles. The van der Waals surface area contributed by atoms with E-state index in [-0.39, 0.29) is 16.2 Å². The molecule has 0 fully saturated rings. The molecule has 9 rings (SSSR count). The van der Waals surface area contributed by atoms with Gasteiger partial charge in [0.1, 0.15) is 5.75 Å². The largest absolute Gasteiger partial charge is 0.472 e. The smallest absolute Gasteiger partial charge is 0.187 e. The van der Waals surface area contributed by atoms with Crippen molar-refractivity contribution in [1.29, 1.82) is 0 Å². The minimum Gasteiger partial charge on any atom is -0.472 e. The minimum atomic E-state index is -0.854. The maximum atomic E-state index is 7.74. The molecule has 0 saturated carbocycles. The Hall–Kier alpha value is -5.39. The van der Waals surface area contributed by atoms with Crippen LogP contribution < -0.4 is 4.74 Å². The Bertz CT molecular complexity index is 2500. The number of rotatable bonds is 2. The second-order valence-corrected chi connectivity index (χ2v) is 16.4. The fourth-order valence-electron chi connectivity index (χ4n) is 9.12. The number of hydrogen-bond donors (Lipinski definition) is 0. The van der Waals surface area contributed by atoms with Crippen molar-refractivity contribution in [3.63, 3.8) is 0 Å². The van der Waals surface area contributed by atoms with Gasteiger partial charge in [-0.3, -0.25) is 0 Å². The second-order valence-electron chi connectivity index (χ2n) is 16.4. The zero-order valence-electron chi connectivity index (χ0n) is 29.9. The average Bonchev–Trinajstić information content (AvgIpc) is 3.50. The first-order valence-electron chi connectivity index (χ1n) is 17.7. The van der Waals surface area contributed by atoms with Crippen LogP contribution in [-0.2, 0) is 21.8 Å². The lowest BCUT2D eigenvalue weighted by Gasteiger charge is -2.39. The molecule has 1 unspecified atom stereocenters. The van der Waals surface area contributed by atoms with E-state index in [0.717, 1.165) is 27.8 Å². The Balaban J connectivity index is 1.31. The summed E-state index contributed by atoms with van der Waals surface area (Å²) in [5.74, 6) is 0.913. The zero-order valence-corrected chi connectivity index (χ0v) is 29.9. The monoisotopic (exact) mass is 647 g/mol. The number of nitrogens with zero attached hydrogens (tertiary/aromatic N) is 1. The predicted molar refractivity (Wildman–Crippen MR) is 207 cm³/mol. The van der Waals surface area contributed by atoms with Crippen molar-refractivity contribution in [3.8, 4) is 28.0 Å². The van der Waals surface area contributed by atoms with E-state index in [1.54, 1.807) is 0 Å². The van der Waals surface area contributed by atoms with Gasteiger partial charge in [-0.05, 0) is 73.0 Å². The summed E-state index contributed by atoms with van der Waals surface area (Å²) in [6.07, 6.45) is 4.63. The molecule has 50 heavy (non-hydrogen) atoms. The Morgan fingerprint density at radius 2 is 1.26 bits per heavy atom. The summed E-state index contributed by atoms with van der Waals surface area (Å²) in [5.41, 5.74) is 14.3. The van der Waals surface area contributed by atoms with Gasteiger partial charge in [0.05, 0.1) is 6.57 Å². The topological polar surface area (TPSA) is 13.6 Å². The van der Waals surface area contributed by atoms with Crippen LogP contribution in [0.1, 0.15) is 93.0 Å². The van der Waals surface area contributed by atoms with Crippen LogP contribution in [-0.4, -0.2) is 0 Å². The molecule has 0 amide bonds. The molecule has 0 radical (unpaired) electrons. The van der Waals surface area contributed by atoms with E-state index >= 15 is 0 Å². The molecule has 2 heteroatoms. The third-order valence-corrected chi connectivity index (χ3v) is 11.8. The number of hydrogen-bond acceptors (Lipinski definition) is 1. The Morgan fingerprint density at radius 3 is 2.00 bits per heavy atom. The fourth-order valence-corrected chi connectivity index (χ4v) is 9.12. The first kappa shape index (κ1) is 30.7. The molecule has 0 spiro atoms. The fraction of sp³-hybridized carbons (Fsp3) is 0.229. The molecule has 3 aliphatic rings. The van der Waals surface area contributed by atoms with Gasteiger partial charge in [-0.25, -0.2) is 4.85 Å². The number of benzene rings is 6. The molecule has 1 atom stereocenters. The van der Waals surface area contributed by atoms with Crippen molar-refractivity contribution >= 4 is 22.5 Å². The molecule has 244 valence electrons. The maximum absolute atomic E-state index is 7.74. The van der Waals surface area contributed by atoms with E-state index in [9.17, 15) is 0 Å². The van der Waals surface area contributed by atoms with Crippen LogP contribution in [0.25, 0.3) is 43.9 Å². The van der Waals surface area contributed by atoms with Gasteiger partial charge in [-0.2, -0.15) is 0 Å². The van der Waals surface area contributed by atoms with Crippen LogP contribution in [0.2, 0.25) is 0 Å². The summed E-state index contributed by atoms with van der Waals surface area (Å²) in [4.78, 5) is 3.79. The summed E-state index contributed by atoms with van der Waals surface area (Å²) >= 11 is 0. The van der Waals surface area contributed by atoms with Crippen molar-refractivity contribution < 1.29 is 4.74 Å². The van der Waals surface area contributed by atoms with Crippen molar-refractivity contribution in [2.45, 2.75) is 70.3 Å². The van der Waals surface area contributed by atoms with Crippen LogP contribution in [0.3, 0.4) is 0 Å². The van der Waals surface area contributed by atoms with Crippen LogP contribution in [0, 0.1) is 6.57 Å². The quantitative estimate of drug-likeness (QED) is 0.171. The van der Waals surface area contributed by atoms with E-state index < -0.39 is 5.60 Å². The molecule has 2 aliphatic carbocycles. The summed E-state index contributed by atoms with van der Waals surface area (Å²) in [7, 11) is 0. The molecule has 2 nitrogen and oxygen atoms in total. The van der Waals surface area contributed by atoms with Gasteiger partial charge >= 0.3 is 0 Å². The van der Waals surface area contributed by atoms with Gasteiger partial charge < -0.3 is 4.74 Å². The van der Waals surface area contributed by atoms with Crippen LogP contribution in [0.4, 0.5) is 5.69 Å². The lowest BCUT2D eigenvalue weighted by Crippen LogP contribution is -2.35. The van der Waals surface area contributed by atoms with E-state index in [1.165, 1.54) is 55.5 Å². The van der Waals surface area contributed by atoms with Gasteiger partial charge in [-0.15, -0.1) is 0 Å². The summed E-state index contributed by atoms with van der Waals surface area (Å²) in [5, 5.41) is 2.29. The normalized spacial score (nSPS) is 18.8. The van der Waals surface area contributed by atoms with Gasteiger partial charge in [0.15, 0.2) is 11.3 Å². The SMILES string of the molecule is [C-]#[N+]c1ccc2c(c1)C(C)(C)c1c3c(c4ccccc4c1-2)OC(c1ccc(C(C)(C)C)cc1)(c1ccc2c(c1)C(C)(C)c1ccccc1-2)C=C3. The van der Waals surface area contributed by atoms with Gasteiger partial charge in [-0.1, -0.05) is 158 Å². The lowest BCUT2D eigenvalue weighted by atomic mass is 9.75. The standard InChI is InChI=1S/C48H41NO/c1-45(2,3)29-17-19-30(20-18-29)48(31-21-23-34-33-13-11-12-16-39(33)46(4,5)40(34)27-31)26-25-38-43-42(35-14-9-10-15-36(35)44(38)50-48)37-24-22-32(49-8)28-41(37)47(43,6)7/h9-28H,1-7H3. The van der Waals surface area contributed by atoms with E-state index in [1.807, 2.05) is 6.07 Å². The molecule has 0 N–H and O–H groups in total. The molecular formula is C48H41NO. The molecule has 1 heterocycles. The van der Waals surface area contributed by atoms with Gasteiger partial charge in [0, 0.05) is 32.9 Å². The van der Waals surface area contributed by atoms with Crippen molar-refractivity contribution in [1.82, 2.24) is 0 Å². The van der Waals surface area contributed by atoms with Crippen molar-refractivity contribution in [2.75, 3.05) is 0 Å². The molecule has 0 saturated heterocycles. The highest BCUT2D eigenvalue weighted by atomic mass is 16.5. The minimum absolute atomic E-state index is 0.0371. The van der Waals surface area contributed by atoms with Crippen LogP contribution in [0.15, 0.2) is 115 Å². The van der Waals surface area contributed by atoms with E-state index in [0.29, 0.717) is 5.69 Å². The Labute approximate surface area is 295 Å². The predicted octanol–water partition coefficient (Wildman–Crippen LogP) is 12.7. The van der Waals surface area contributed by atoms with E-state index in [4.69, 9.17) is 11.3 Å². The van der Waals surface area contributed by atoms with Crippen molar-refractivity contribution in [3.05, 3.63) is 171 Å². The highest BCUT2D eigenvalue weighted by Crippen LogP contribution is 2.59. The molecule has 1 aliphatic heterocycles. The summed E-state index contributed by atoms with van der Waals surface area (Å²) in [6.45, 7) is 23.8. The first-order chi connectivity index (χ1) is 23.9. The number of fused-ring (bicyclic) bond motifs is 11. The number of ether oxygens (including phenoxy) is 1. The molecular weight excluding hydrogens is 607 g/mol. The highest BCUT2D eigenvalue weighted by molar-refractivity contribution is 6.08.